The minimum atomic E-state index is -0.528. The third-order valence-electron chi connectivity index (χ3n) is 8.16. The van der Waals surface area contributed by atoms with Gasteiger partial charge in [0.1, 0.15) is 11.7 Å². The van der Waals surface area contributed by atoms with E-state index < -0.39 is 6.04 Å². The Morgan fingerprint density at radius 1 is 1.08 bits per heavy atom. The molecule has 2 aliphatic carbocycles. The van der Waals surface area contributed by atoms with Crippen LogP contribution in [0.3, 0.4) is 0 Å². The molecule has 7 nitrogen and oxygen atoms in total. The monoisotopic (exact) mass is 503 g/mol. The van der Waals surface area contributed by atoms with Gasteiger partial charge in [0.05, 0.1) is 0 Å². The second kappa shape index (κ2) is 11.7. The van der Waals surface area contributed by atoms with E-state index in [9.17, 15) is 9.59 Å². The van der Waals surface area contributed by atoms with E-state index in [2.05, 4.69) is 68.9 Å². The Morgan fingerprint density at radius 3 is 2.51 bits per heavy atom. The number of rotatable bonds is 10. The summed E-state index contributed by atoms with van der Waals surface area (Å²) >= 11 is 0. The van der Waals surface area contributed by atoms with Crippen LogP contribution in [-0.2, 0) is 24.3 Å². The van der Waals surface area contributed by atoms with E-state index in [0.29, 0.717) is 24.6 Å². The average Bonchev–Trinajstić information content (AvgIpc) is 3.68. The minimum Gasteiger partial charge on any atom is -0.351 e. The van der Waals surface area contributed by atoms with E-state index in [1.807, 2.05) is 6.92 Å². The average molecular weight is 504 g/mol. The lowest BCUT2D eigenvalue weighted by Crippen LogP contribution is -2.46. The van der Waals surface area contributed by atoms with Crippen LogP contribution in [0.15, 0.2) is 30.3 Å². The zero-order chi connectivity index (χ0) is 25.8. The summed E-state index contributed by atoms with van der Waals surface area (Å²) in [4.78, 5) is 34.5. The highest BCUT2D eigenvalue weighted by Gasteiger charge is 2.28. The number of allylic oxidation sites excluding steroid dienone is 1. The van der Waals surface area contributed by atoms with Gasteiger partial charge < -0.3 is 20.5 Å². The Labute approximate surface area is 220 Å². The van der Waals surface area contributed by atoms with Gasteiger partial charge in [0, 0.05) is 45.0 Å². The van der Waals surface area contributed by atoms with Gasteiger partial charge in [-0.2, -0.15) is 0 Å². The number of fused-ring (bicyclic) bond motifs is 1. The number of H-pyrrole nitrogens is 1. The van der Waals surface area contributed by atoms with Gasteiger partial charge >= 0.3 is 0 Å². The molecule has 1 aromatic carbocycles. The van der Waals surface area contributed by atoms with Crippen LogP contribution >= 0.6 is 0 Å². The Hall–Kier alpha value is -2.90. The first-order valence-corrected chi connectivity index (χ1v) is 13.9. The van der Waals surface area contributed by atoms with Crippen molar-refractivity contribution >= 4 is 17.9 Å². The molecule has 1 aliphatic heterocycles. The van der Waals surface area contributed by atoms with Crippen LogP contribution in [0.4, 0.5) is 0 Å². The molecule has 0 bridgehead atoms. The molecular weight excluding hydrogens is 462 g/mol. The minimum absolute atomic E-state index is 0.107. The summed E-state index contributed by atoms with van der Waals surface area (Å²) in [7, 11) is 2.17. The maximum absolute atomic E-state index is 13.2. The topological polar surface area (TPSA) is 80.5 Å². The van der Waals surface area contributed by atoms with Gasteiger partial charge in [-0.1, -0.05) is 43.2 Å². The molecule has 1 atom stereocenters. The van der Waals surface area contributed by atoms with Crippen molar-refractivity contribution < 1.29 is 9.59 Å². The number of hydrogen-bond donors (Lipinski definition) is 3. The van der Waals surface area contributed by atoms with E-state index in [-0.39, 0.29) is 11.8 Å². The van der Waals surface area contributed by atoms with Crippen molar-refractivity contribution in [2.45, 2.75) is 64.6 Å². The number of nitrogens with one attached hydrogen (secondary N) is 3. The van der Waals surface area contributed by atoms with Crippen LogP contribution in [0.1, 0.15) is 70.5 Å². The smallest absolute Gasteiger partial charge is 0.268 e. The largest absolute Gasteiger partial charge is 0.351 e. The number of hydrogen-bond acceptors (Lipinski definition) is 4. The molecule has 2 aromatic rings. The van der Waals surface area contributed by atoms with Crippen molar-refractivity contribution in [2.75, 3.05) is 33.2 Å². The predicted molar refractivity (Wildman–Crippen MR) is 147 cm³/mol. The zero-order valence-corrected chi connectivity index (χ0v) is 22.3. The van der Waals surface area contributed by atoms with Crippen molar-refractivity contribution in [2.24, 2.45) is 5.92 Å². The van der Waals surface area contributed by atoms with Crippen LogP contribution in [0.5, 0.6) is 0 Å². The second-order valence-electron chi connectivity index (χ2n) is 11.1. The van der Waals surface area contributed by atoms with E-state index in [1.54, 1.807) is 0 Å². The van der Waals surface area contributed by atoms with E-state index in [0.717, 1.165) is 68.8 Å². The fraction of sp³-hybridized carbons (Fsp3) is 0.533. The Bertz CT molecular complexity index is 1120. The number of aromatic amines is 1. The predicted octanol–water partition coefficient (Wildman–Crippen LogP) is 3.63. The first kappa shape index (κ1) is 25.7. The van der Waals surface area contributed by atoms with Gasteiger partial charge in [-0.15, -0.1) is 0 Å². The number of carbonyl (C=O) groups is 2. The van der Waals surface area contributed by atoms with Crippen molar-refractivity contribution in [1.82, 2.24) is 25.4 Å². The summed E-state index contributed by atoms with van der Waals surface area (Å²) < 4.78 is 0. The number of carbonyl (C=O) groups excluding carboxylic acids is 2. The number of amides is 2. The van der Waals surface area contributed by atoms with Gasteiger partial charge in [0.25, 0.3) is 5.91 Å². The fourth-order valence-corrected chi connectivity index (χ4v) is 5.42. The van der Waals surface area contributed by atoms with Crippen molar-refractivity contribution in [1.29, 1.82) is 0 Å². The summed E-state index contributed by atoms with van der Waals surface area (Å²) in [5.74, 6) is 0.401. The third-order valence-corrected chi connectivity index (χ3v) is 8.16. The lowest BCUT2D eigenvalue weighted by atomic mass is 10.00. The molecule has 5 rings (SSSR count). The van der Waals surface area contributed by atoms with Crippen molar-refractivity contribution in [3.8, 4) is 0 Å². The van der Waals surface area contributed by atoms with Gasteiger partial charge in [-0.25, -0.2) is 0 Å². The molecule has 7 heteroatoms. The molecule has 37 heavy (non-hydrogen) atoms. The lowest BCUT2D eigenvalue weighted by molar-refractivity contribution is -0.123. The molecule has 1 saturated heterocycles. The maximum Gasteiger partial charge on any atom is 0.268 e. The SMILES string of the molecule is Cc1c(C(=O)NC(CCC2CC2)C(=O)NCc2ccc(CN3CCN(C)CC3)cc2)[nH]c2c1CCC=C2. The van der Waals surface area contributed by atoms with E-state index in [1.165, 1.54) is 24.0 Å². The highest BCUT2D eigenvalue weighted by Crippen LogP contribution is 2.34. The van der Waals surface area contributed by atoms with Crippen LogP contribution in [0.2, 0.25) is 0 Å². The van der Waals surface area contributed by atoms with Gasteiger partial charge in [-0.05, 0) is 73.9 Å². The molecule has 2 fully saturated rings. The van der Waals surface area contributed by atoms with Crippen LogP contribution in [0.25, 0.3) is 6.08 Å². The van der Waals surface area contributed by atoms with Crippen molar-refractivity contribution in [3.63, 3.8) is 0 Å². The van der Waals surface area contributed by atoms with Gasteiger partial charge in [0.2, 0.25) is 5.91 Å². The molecule has 0 spiro atoms. The molecule has 0 radical (unpaired) electrons. The molecule has 3 aliphatic rings. The number of aromatic nitrogens is 1. The number of piperazine rings is 1. The number of likely N-dealkylation sites (N-methyl/N-ethyl adjacent to an activating group) is 1. The normalized spacial score (nSPS) is 18.9. The van der Waals surface area contributed by atoms with Crippen LogP contribution < -0.4 is 10.6 Å². The number of nitrogens with zero attached hydrogens (tertiary/aromatic N) is 2. The summed E-state index contributed by atoms with van der Waals surface area (Å²) in [6, 6.07) is 8.00. The first-order valence-electron chi connectivity index (χ1n) is 13.9. The Balaban J connectivity index is 1.16. The summed E-state index contributed by atoms with van der Waals surface area (Å²) in [5.41, 5.74) is 6.17. The molecule has 2 heterocycles. The molecule has 1 unspecified atom stereocenters. The van der Waals surface area contributed by atoms with Crippen LogP contribution in [0, 0.1) is 12.8 Å². The molecular formula is C30H41N5O2. The molecule has 198 valence electrons. The second-order valence-corrected chi connectivity index (χ2v) is 11.1. The summed E-state index contributed by atoms with van der Waals surface area (Å²) in [6.07, 6.45) is 10.2. The Morgan fingerprint density at radius 2 is 1.81 bits per heavy atom. The molecule has 1 saturated carbocycles. The highest BCUT2D eigenvalue weighted by atomic mass is 16.2. The zero-order valence-electron chi connectivity index (χ0n) is 22.3. The molecule has 1 aromatic heterocycles. The van der Waals surface area contributed by atoms with Gasteiger partial charge in [-0.3, -0.25) is 14.5 Å². The standard InChI is InChI=1S/C30H41N5O2/c1-21-25-5-3-4-6-26(25)32-28(21)30(37)33-27(14-13-22-7-8-22)29(36)31-19-23-9-11-24(12-10-23)20-35-17-15-34(2)16-18-35/h4,6,9-12,22,27,32H,3,5,7-8,13-20H2,1-2H3,(H,31,36)(H,33,37). The Kier molecular flexibility index (Phi) is 8.11. The lowest BCUT2D eigenvalue weighted by Gasteiger charge is -2.32. The quantitative estimate of drug-likeness (QED) is 0.463. The van der Waals surface area contributed by atoms with E-state index in [4.69, 9.17) is 0 Å². The van der Waals surface area contributed by atoms with Crippen molar-refractivity contribution in [3.05, 3.63) is 64.0 Å². The third kappa shape index (κ3) is 6.70. The molecule has 2 amide bonds. The first-order chi connectivity index (χ1) is 18.0. The maximum atomic E-state index is 13.2. The highest BCUT2D eigenvalue weighted by molar-refractivity contribution is 5.98. The summed E-state index contributed by atoms with van der Waals surface area (Å²) in [6.45, 7) is 7.86. The van der Waals surface area contributed by atoms with E-state index >= 15 is 0 Å². The fourth-order valence-electron chi connectivity index (χ4n) is 5.42. The summed E-state index contributed by atoms with van der Waals surface area (Å²) in [5, 5.41) is 6.12. The number of benzene rings is 1. The van der Waals surface area contributed by atoms with Gasteiger partial charge in [0.15, 0.2) is 0 Å². The van der Waals surface area contributed by atoms with Crippen LogP contribution in [-0.4, -0.2) is 65.9 Å². The molecule has 3 N–H and O–H groups in total.